The van der Waals surface area contributed by atoms with Gasteiger partial charge in [0.15, 0.2) is 0 Å². The van der Waals surface area contributed by atoms with Crippen molar-refractivity contribution in [1.29, 1.82) is 0 Å². The van der Waals surface area contributed by atoms with Crippen LogP contribution in [0.5, 0.6) is 0 Å². The molecule has 1 heterocycles. The second-order valence-electron chi connectivity index (χ2n) is 5.79. The van der Waals surface area contributed by atoms with Crippen molar-refractivity contribution in [1.82, 2.24) is 5.32 Å². The van der Waals surface area contributed by atoms with Crippen molar-refractivity contribution >= 4 is 17.3 Å². The lowest BCUT2D eigenvalue weighted by atomic mass is 9.80. The van der Waals surface area contributed by atoms with Crippen LogP contribution in [-0.4, -0.2) is 25.2 Å². The zero-order valence-corrected chi connectivity index (χ0v) is 11.8. The predicted molar refractivity (Wildman–Crippen MR) is 77.4 cm³/mol. The number of nitrogens with one attached hydrogen (secondary N) is 1. The van der Waals surface area contributed by atoms with Gasteiger partial charge in [-0.15, -0.1) is 0 Å². The van der Waals surface area contributed by atoms with Crippen molar-refractivity contribution in [2.45, 2.75) is 37.6 Å². The molecule has 0 aromatic heterocycles. The van der Waals surface area contributed by atoms with Crippen LogP contribution in [0.1, 0.15) is 32.1 Å². The van der Waals surface area contributed by atoms with Gasteiger partial charge < -0.3 is 10.2 Å². The summed E-state index contributed by atoms with van der Waals surface area (Å²) >= 11 is 6.00. The Balaban J connectivity index is 1.82. The fourth-order valence-corrected chi connectivity index (χ4v) is 3.62. The molecule has 19 heavy (non-hydrogen) atoms. The Kier molecular flexibility index (Phi) is 3.68. The molecule has 1 aliphatic heterocycles. The standard InChI is InChI=1S/C15H20ClFN2/c16-12-4-5-13(17)14(10-12)19-9-8-18-15(11-19)6-2-1-3-7-15/h4-5,10,18H,1-3,6-9,11H2. The Bertz CT molecular complexity index is 452. The van der Waals surface area contributed by atoms with E-state index in [1.165, 1.54) is 38.2 Å². The maximum absolute atomic E-state index is 14.0. The summed E-state index contributed by atoms with van der Waals surface area (Å²) in [6.45, 7) is 2.66. The second kappa shape index (κ2) is 5.29. The molecule has 0 bridgehead atoms. The van der Waals surface area contributed by atoms with Crippen LogP contribution in [0, 0.1) is 5.82 Å². The van der Waals surface area contributed by atoms with Crippen molar-refractivity contribution in [3.8, 4) is 0 Å². The summed E-state index contributed by atoms with van der Waals surface area (Å²) in [6.07, 6.45) is 6.28. The molecule has 0 amide bonds. The van der Waals surface area contributed by atoms with Gasteiger partial charge in [-0.1, -0.05) is 30.9 Å². The van der Waals surface area contributed by atoms with Crippen molar-refractivity contribution in [2.75, 3.05) is 24.5 Å². The number of hydrogen-bond donors (Lipinski definition) is 1. The van der Waals surface area contributed by atoms with Crippen LogP contribution in [0.4, 0.5) is 10.1 Å². The molecule has 1 saturated carbocycles. The maximum Gasteiger partial charge on any atom is 0.146 e. The van der Waals surface area contributed by atoms with Gasteiger partial charge in [0.1, 0.15) is 5.82 Å². The Hall–Kier alpha value is -0.800. The number of rotatable bonds is 1. The molecule has 1 aliphatic carbocycles. The average Bonchev–Trinajstić information content (AvgIpc) is 2.42. The van der Waals surface area contributed by atoms with E-state index in [0.29, 0.717) is 10.7 Å². The molecule has 0 atom stereocenters. The SMILES string of the molecule is Fc1ccc(Cl)cc1N1CCNC2(CCCCC2)C1. The summed E-state index contributed by atoms with van der Waals surface area (Å²) in [5.74, 6) is -0.169. The normalized spacial score (nSPS) is 22.7. The largest absolute Gasteiger partial charge is 0.366 e. The highest BCUT2D eigenvalue weighted by molar-refractivity contribution is 6.30. The van der Waals surface area contributed by atoms with Gasteiger partial charge >= 0.3 is 0 Å². The molecular weight excluding hydrogens is 263 g/mol. The van der Waals surface area contributed by atoms with E-state index in [4.69, 9.17) is 11.6 Å². The van der Waals surface area contributed by atoms with Gasteiger partial charge in [-0.2, -0.15) is 0 Å². The van der Waals surface area contributed by atoms with E-state index in [-0.39, 0.29) is 11.4 Å². The van der Waals surface area contributed by atoms with Crippen LogP contribution in [0.15, 0.2) is 18.2 Å². The molecule has 1 spiro atoms. The quantitative estimate of drug-likeness (QED) is 0.847. The predicted octanol–water partition coefficient (Wildman–Crippen LogP) is 3.59. The van der Waals surface area contributed by atoms with Gasteiger partial charge in [0.2, 0.25) is 0 Å². The maximum atomic E-state index is 14.0. The van der Waals surface area contributed by atoms with Crippen LogP contribution < -0.4 is 10.2 Å². The van der Waals surface area contributed by atoms with E-state index in [1.807, 2.05) is 0 Å². The summed E-state index contributed by atoms with van der Waals surface area (Å²) in [5.41, 5.74) is 0.838. The Morgan fingerprint density at radius 2 is 2.00 bits per heavy atom. The first-order valence-electron chi connectivity index (χ1n) is 7.14. The van der Waals surface area contributed by atoms with Crippen LogP contribution in [0.3, 0.4) is 0 Å². The minimum absolute atomic E-state index is 0.169. The molecule has 2 nitrogen and oxygen atoms in total. The van der Waals surface area contributed by atoms with Gasteiger partial charge in [0, 0.05) is 30.2 Å². The number of nitrogens with zero attached hydrogens (tertiary/aromatic N) is 1. The summed E-state index contributed by atoms with van der Waals surface area (Å²) in [4.78, 5) is 2.16. The minimum Gasteiger partial charge on any atom is -0.366 e. The molecule has 104 valence electrons. The summed E-state index contributed by atoms with van der Waals surface area (Å²) < 4.78 is 14.0. The average molecular weight is 283 g/mol. The molecule has 2 aliphatic rings. The van der Waals surface area contributed by atoms with E-state index < -0.39 is 0 Å². The minimum atomic E-state index is -0.169. The van der Waals surface area contributed by atoms with Crippen LogP contribution in [0.2, 0.25) is 5.02 Å². The Morgan fingerprint density at radius 3 is 2.79 bits per heavy atom. The first-order valence-corrected chi connectivity index (χ1v) is 7.51. The molecule has 0 radical (unpaired) electrons. The third kappa shape index (κ3) is 2.72. The van der Waals surface area contributed by atoms with Crippen LogP contribution in [-0.2, 0) is 0 Å². The third-order valence-corrected chi connectivity index (χ3v) is 4.67. The summed E-state index contributed by atoms with van der Waals surface area (Å²) in [5, 5.41) is 4.28. The van der Waals surface area contributed by atoms with E-state index in [0.717, 1.165) is 19.6 Å². The van der Waals surface area contributed by atoms with Gasteiger partial charge in [-0.3, -0.25) is 0 Å². The highest BCUT2D eigenvalue weighted by Crippen LogP contribution is 2.33. The van der Waals surface area contributed by atoms with Crippen molar-refractivity contribution in [3.63, 3.8) is 0 Å². The lowest BCUT2D eigenvalue weighted by molar-refractivity contribution is 0.216. The number of hydrogen-bond acceptors (Lipinski definition) is 2. The molecule has 1 N–H and O–H groups in total. The monoisotopic (exact) mass is 282 g/mol. The first kappa shape index (κ1) is 13.2. The molecule has 4 heteroatoms. The van der Waals surface area contributed by atoms with E-state index in [9.17, 15) is 4.39 Å². The topological polar surface area (TPSA) is 15.3 Å². The van der Waals surface area contributed by atoms with E-state index >= 15 is 0 Å². The molecule has 0 unspecified atom stereocenters. The molecule has 1 saturated heterocycles. The zero-order valence-electron chi connectivity index (χ0n) is 11.1. The van der Waals surface area contributed by atoms with E-state index in [1.54, 1.807) is 12.1 Å². The number of halogens is 2. The Morgan fingerprint density at radius 1 is 1.21 bits per heavy atom. The molecule has 2 fully saturated rings. The molecular formula is C15H20ClFN2. The zero-order chi connectivity index (χ0) is 13.3. The fraction of sp³-hybridized carbons (Fsp3) is 0.600. The fourth-order valence-electron chi connectivity index (χ4n) is 3.45. The van der Waals surface area contributed by atoms with Crippen LogP contribution >= 0.6 is 11.6 Å². The second-order valence-corrected chi connectivity index (χ2v) is 6.22. The van der Waals surface area contributed by atoms with Gasteiger partial charge in [0.05, 0.1) is 5.69 Å². The summed E-state index contributed by atoms with van der Waals surface area (Å²) in [7, 11) is 0. The number of piperazine rings is 1. The Labute approximate surface area is 118 Å². The highest BCUT2D eigenvalue weighted by Gasteiger charge is 2.36. The van der Waals surface area contributed by atoms with E-state index in [2.05, 4.69) is 10.2 Å². The number of benzene rings is 1. The first-order chi connectivity index (χ1) is 9.19. The van der Waals surface area contributed by atoms with Crippen molar-refractivity contribution in [3.05, 3.63) is 29.0 Å². The molecule has 1 aromatic rings. The molecule has 3 rings (SSSR count). The van der Waals surface area contributed by atoms with Crippen molar-refractivity contribution < 1.29 is 4.39 Å². The number of anilines is 1. The van der Waals surface area contributed by atoms with Gasteiger partial charge in [-0.25, -0.2) is 4.39 Å². The van der Waals surface area contributed by atoms with Gasteiger partial charge in [-0.05, 0) is 31.0 Å². The van der Waals surface area contributed by atoms with Crippen molar-refractivity contribution in [2.24, 2.45) is 0 Å². The molecule has 1 aromatic carbocycles. The lowest BCUT2D eigenvalue weighted by Crippen LogP contribution is -2.61. The van der Waals surface area contributed by atoms with Gasteiger partial charge in [0.25, 0.3) is 0 Å². The highest BCUT2D eigenvalue weighted by atomic mass is 35.5. The van der Waals surface area contributed by atoms with Crippen LogP contribution in [0.25, 0.3) is 0 Å². The lowest BCUT2D eigenvalue weighted by Gasteiger charge is -2.47. The summed E-state index contributed by atoms with van der Waals surface area (Å²) in [6, 6.07) is 4.82. The third-order valence-electron chi connectivity index (χ3n) is 4.43. The smallest absolute Gasteiger partial charge is 0.146 e.